The molecule has 1 aliphatic rings. The Morgan fingerprint density at radius 1 is 1.29 bits per heavy atom. The molecule has 1 fully saturated rings. The summed E-state index contributed by atoms with van der Waals surface area (Å²) in [7, 11) is 0. The third-order valence-electron chi connectivity index (χ3n) is 5.02. The Morgan fingerprint density at radius 3 is 2.61 bits per heavy atom. The van der Waals surface area contributed by atoms with Crippen molar-refractivity contribution in [2.24, 2.45) is 5.73 Å². The summed E-state index contributed by atoms with van der Waals surface area (Å²) in [5.41, 5.74) is 13.1. The minimum Gasteiger partial charge on any atom is -0.397 e. The number of anilines is 2. The number of thiophene rings is 1. The predicted octanol–water partition coefficient (Wildman–Crippen LogP) is 1.35. The molecule has 2 amide bonds. The largest absolute Gasteiger partial charge is 0.397 e. The van der Waals surface area contributed by atoms with Crippen LogP contribution in [0.25, 0.3) is 10.2 Å². The molecule has 0 saturated carbocycles. The van der Waals surface area contributed by atoms with Crippen molar-refractivity contribution in [3.8, 4) is 0 Å². The zero-order valence-electron chi connectivity index (χ0n) is 16.1. The van der Waals surface area contributed by atoms with Crippen LogP contribution in [-0.2, 0) is 11.2 Å². The average Bonchev–Trinajstić information content (AvgIpc) is 3.03. The molecule has 1 saturated heterocycles. The quantitative estimate of drug-likeness (QED) is 0.638. The number of aliphatic hydroxyl groups is 1. The molecular formula is C19H27N5O3S. The molecule has 0 atom stereocenters. The van der Waals surface area contributed by atoms with E-state index in [-0.39, 0.29) is 12.5 Å². The number of nitrogens with zero attached hydrogens (tertiary/aromatic N) is 3. The zero-order chi connectivity index (χ0) is 20.3. The second-order valence-corrected chi connectivity index (χ2v) is 7.97. The fourth-order valence-electron chi connectivity index (χ4n) is 3.57. The first-order chi connectivity index (χ1) is 13.5. The molecule has 3 heterocycles. The van der Waals surface area contributed by atoms with E-state index in [1.807, 2.05) is 11.0 Å². The summed E-state index contributed by atoms with van der Waals surface area (Å²) in [4.78, 5) is 33.7. The number of aromatic nitrogens is 1. The second-order valence-electron chi connectivity index (χ2n) is 6.97. The summed E-state index contributed by atoms with van der Waals surface area (Å²) >= 11 is 1.24. The molecule has 0 radical (unpaired) electrons. The molecule has 0 unspecified atom stereocenters. The number of hydrogen-bond donors (Lipinski definition) is 3. The molecule has 1 aliphatic heterocycles. The van der Waals surface area contributed by atoms with E-state index in [2.05, 4.69) is 11.8 Å². The maximum absolute atomic E-state index is 12.1. The molecule has 0 aliphatic carbocycles. The van der Waals surface area contributed by atoms with Gasteiger partial charge in [-0.25, -0.2) is 4.98 Å². The zero-order valence-corrected chi connectivity index (χ0v) is 16.9. The molecule has 9 heteroatoms. The van der Waals surface area contributed by atoms with E-state index < -0.39 is 5.91 Å². The Hall–Kier alpha value is -2.39. The third kappa shape index (κ3) is 4.05. The van der Waals surface area contributed by atoms with E-state index in [1.54, 1.807) is 0 Å². The summed E-state index contributed by atoms with van der Waals surface area (Å²) in [6.45, 7) is 4.78. The van der Waals surface area contributed by atoms with Crippen LogP contribution in [-0.4, -0.2) is 59.6 Å². The number of nitrogens with two attached hydrogens (primary N) is 2. The van der Waals surface area contributed by atoms with Crippen LogP contribution in [0.2, 0.25) is 0 Å². The van der Waals surface area contributed by atoms with Gasteiger partial charge in [0.15, 0.2) is 0 Å². The average molecular weight is 406 g/mol. The van der Waals surface area contributed by atoms with Crippen LogP contribution >= 0.6 is 11.3 Å². The molecule has 2 aromatic heterocycles. The molecule has 3 rings (SSSR count). The molecule has 0 bridgehead atoms. The van der Waals surface area contributed by atoms with Gasteiger partial charge >= 0.3 is 0 Å². The van der Waals surface area contributed by atoms with Gasteiger partial charge in [-0.05, 0) is 24.5 Å². The summed E-state index contributed by atoms with van der Waals surface area (Å²) in [5, 5.41) is 9.73. The van der Waals surface area contributed by atoms with Gasteiger partial charge in [0.1, 0.15) is 15.5 Å². The Labute approximate surface area is 168 Å². The van der Waals surface area contributed by atoms with Crippen LogP contribution < -0.4 is 16.4 Å². The molecular weight excluding hydrogens is 378 g/mol. The number of aryl methyl sites for hydroxylation is 1. The number of primary amides is 1. The number of amides is 2. The van der Waals surface area contributed by atoms with Crippen molar-refractivity contribution in [3.63, 3.8) is 0 Å². The van der Waals surface area contributed by atoms with E-state index >= 15 is 0 Å². The fourth-order valence-corrected chi connectivity index (χ4v) is 4.56. The lowest BCUT2D eigenvalue weighted by Crippen LogP contribution is -2.49. The Balaban J connectivity index is 1.84. The first-order valence-electron chi connectivity index (χ1n) is 9.61. The number of hydrogen-bond acceptors (Lipinski definition) is 7. The number of carbonyl (C=O) groups excluding carboxylic acids is 2. The first-order valence-corrected chi connectivity index (χ1v) is 10.4. The number of piperazine rings is 1. The van der Waals surface area contributed by atoms with Crippen molar-refractivity contribution in [1.82, 2.24) is 9.88 Å². The summed E-state index contributed by atoms with van der Waals surface area (Å²) in [5.74, 6) is 0.399. The van der Waals surface area contributed by atoms with Crippen LogP contribution in [0.4, 0.5) is 11.5 Å². The summed E-state index contributed by atoms with van der Waals surface area (Å²) in [6, 6.07) is 2.04. The number of aliphatic hydroxyl groups excluding tert-OH is 1. The lowest BCUT2D eigenvalue weighted by Gasteiger charge is -2.35. The monoisotopic (exact) mass is 405 g/mol. The molecule has 2 aromatic rings. The minimum atomic E-state index is -0.528. The van der Waals surface area contributed by atoms with Crippen molar-refractivity contribution >= 4 is 44.9 Å². The van der Waals surface area contributed by atoms with Gasteiger partial charge in [0.05, 0.1) is 5.69 Å². The highest BCUT2D eigenvalue weighted by Crippen LogP contribution is 2.37. The van der Waals surface area contributed by atoms with Gasteiger partial charge in [-0.1, -0.05) is 13.3 Å². The van der Waals surface area contributed by atoms with Crippen LogP contribution in [0, 0.1) is 0 Å². The highest BCUT2D eigenvalue weighted by atomic mass is 32.1. The highest BCUT2D eigenvalue weighted by molar-refractivity contribution is 7.21. The lowest BCUT2D eigenvalue weighted by atomic mass is 10.1. The Morgan fingerprint density at radius 2 is 2.00 bits per heavy atom. The van der Waals surface area contributed by atoms with Gasteiger partial charge in [0, 0.05) is 44.6 Å². The van der Waals surface area contributed by atoms with Gasteiger partial charge in [-0.3, -0.25) is 9.59 Å². The summed E-state index contributed by atoms with van der Waals surface area (Å²) < 4.78 is 0. The third-order valence-corrected chi connectivity index (χ3v) is 6.13. The van der Waals surface area contributed by atoms with Gasteiger partial charge < -0.3 is 26.4 Å². The van der Waals surface area contributed by atoms with E-state index in [0.29, 0.717) is 49.6 Å². The van der Waals surface area contributed by atoms with Gasteiger partial charge in [-0.2, -0.15) is 0 Å². The van der Waals surface area contributed by atoms with Crippen molar-refractivity contribution < 1.29 is 14.7 Å². The molecule has 5 N–H and O–H groups in total. The highest BCUT2D eigenvalue weighted by Gasteiger charge is 2.24. The number of carbonyl (C=O) groups is 2. The van der Waals surface area contributed by atoms with E-state index in [1.165, 1.54) is 11.3 Å². The van der Waals surface area contributed by atoms with E-state index in [4.69, 9.17) is 21.6 Å². The molecule has 0 spiro atoms. The fraction of sp³-hybridized carbons (Fsp3) is 0.526. The SMILES string of the molecule is CCCc1cc(N2CCN(C(=O)CCCO)CC2)nc2sc(C(N)=O)c(N)c12. The number of nitrogen functional groups attached to an aromatic ring is 1. The van der Waals surface area contributed by atoms with Gasteiger partial charge in [0.2, 0.25) is 5.91 Å². The number of pyridine rings is 1. The number of rotatable bonds is 7. The standard InChI is InChI=1S/C19H27N5O3S/c1-2-4-12-11-13(22-19-15(12)16(20)17(28-19)18(21)27)23-6-8-24(9-7-23)14(26)5-3-10-25/h11,25H,2-10,20H2,1H3,(H2,21,27). The van der Waals surface area contributed by atoms with Crippen molar-refractivity contribution in [3.05, 3.63) is 16.5 Å². The van der Waals surface area contributed by atoms with Crippen LogP contribution in [0.15, 0.2) is 6.07 Å². The topological polar surface area (TPSA) is 126 Å². The molecule has 8 nitrogen and oxygen atoms in total. The Kier molecular flexibility index (Phi) is 6.35. The minimum absolute atomic E-state index is 0.0348. The Bertz CT molecular complexity index is 874. The lowest BCUT2D eigenvalue weighted by molar-refractivity contribution is -0.131. The van der Waals surface area contributed by atoms with E-state index in [9.17, 15) is 9.59 Å². The van der Waals surface area contributed by atoms with Crippen molar-refractivity contribution in [1.29, 1.82) is 0 Å². The second kappa shape index (κ2) is 8.74. The van der Waals surface area contributed by atoms with E-state index in [0.717, 1.165) is 34.4 Å². The molecule has 0 aromatic carbocycles. The van der Waals surface area contributed by atoms with Crippen LogP contribution in [0.3, 0.4) is 0 Å². The maximum atomic E-state index is 12.1. The normalized spacial score (nSPS) is 14.6. The predicted molar refractivity (Wildman–Crippen MR) is 112 cm³/mol. The molecule has 152 valence electrons. The first kappa shape index (κ1) is 20.3. The number of fused-ring (bicyclic) bond motifs is 1. The van der Waals surface area contributed by atoms with Crippen LogP contribution in [0.5, 0.6) is 0 Å². The van der Waals surface area contributed by atoms with Crippen molar-refractivity contribution in [2.45, 2.75) is 32.6 Å². The van der Waals surface area contributed by atoms with Gasteiger partial charge in [0.25, 0.3) is 5.91 Å². The smallest absolute Gasteiger partial charge is 0.260 e. The van der Waals surface area contributed by atoms with Gasteiger partial charge in [-0.15, -0.1) is 11.3 Å². The molecule has 28 heavy (non-hydrogen) atoms. The maximum Gasteiger partial charge on any atom is 0.260 e. The van der Waals surface area contributed by atoms with Crippen LogP contribution in [0.1, 0.15) is 41.4 Å². The van der Waals surface area contributed by atoms with Crippen molar-refractivity contribution in [2.75, 3.05) is 43.4 Å². The summed E-state index contributed by atoms with van der Waals surface area (Å²) in [6.07, 6.45) is 2.67.